The molecule has 3 aromatic heterocycles. The zero-order valence-electron chi connectivity index (χ0n) is 13.0. The minimum atomic E-state index is -0.726. The summed E-state index contributed by atoms with van der Waals surface area (Å²) < 4.78 is 3.02. The molecule has 0 aliphatic carbocycles. The van der Waals surface area contributed by atoms with Gasteiger partial charge in [0, 0.05) is 12.7 Å². The van der Waals surface area contributed by atoms with E-state index in [-0.39, 0.29) is 22.0 Å². The van der Waals surface area contributed by atoms with E-state index in [1.807, 2.05) is 19.9 Å². The second kappa shape index (κ2) is 5.35. The van der Waals surface area contributed by atoms with Crippen LogP contribution in [0.1, 0.15) is 29.3 Å². The van der Waals surface area contributed by atoms with E-state index in [1.165, 1.54) is 10.5 Å². The van der Waals surface area contributed by atoms with Gasteiger partial charge >= 0.3 is 0 Å². The van der Waals surface area contributed by atoms with E-state index in [0.29, 0.717) is 17.8 Å². The molecule has 0 saturated carbocycles. The van der Waals surface area contributed by atoms with Crippen molar-refractivity contribution in [2.45, 2.75) is 26.8 Å². The van der Waals surface area contributed by atoms with Gasteiger partial charge in [0.1, 0.15) is 16.8 Å². The fourth-order valence-electron chi connectivity index (χ4n) is 2.73. The summed E-state index contributed by atoms with van der Waals surface area (Å²) in [5, 5.41) is 8.49. The molecule has 118 valence electrons. The first-order valence-electron chi connectivity index (χ1n) is 7.35. The molecule has 7 nitrogen and oxygen atoms in total. The lowest BCUT2D eigenvalue weighted by atomic mass is 10.2. The Labute approximate surface area is 131 Å². The van der Waals surface area contributed by atoms with Crippen molar-refractivity contribution in [1.82, 2.24) is 14.0 Å². The Morgan fingerprint density at radius 1 is 1.39 bits per heavy atom. The number of aromatic nitrogens is 3. The first-order valence-corrected chi connectivity index (χ1v) is 7.35. The van der Waals surface area contributed by atoms with E-state index >= 15 is 0 Å². The summed E-state index contributed by atoms with van der Waals surface area (Å²) >= 11 is 0. The lowest BCUT2D eigenvalue weighted by Gasteiger charge is -2.13. The van der Waals surface area contributed by atoms with Crippen LogP contribution in [0, 0.1) is 12.3 Å². The molecule has 1 amide bonds. The van der Waals surface area contributed by atoms with E-state index in [9.17, 15) is 9.59 Å². The number of nitrogens with zero attached hydrogens (tertiary/aromatic N) is 3. The number of hydrogen-bond acceptors (Lipinski definition) is 4. The van der Waals surface area contributed by atoms with Gasteiger partial charge in [0.15, 0.2) is 0 Å². The van der Waals surface area contributed by atoms with E-state index in [4.69, 9.17) is 11.1 Å². The van der Waals surface area contributed by atoms with Crippen LogP contribution in [0.2, 0.25) is 0 Å². The fourth-order valence-corrected chi connectivity index (χ4v) is 2.73. The molecule has 0 spiro atoms. The van der Waals surface area contributed by atoms with Gasteiger partial charge in [0.2, 0.25) is 0 Å². The number of rotatable bonds is 3. The molecule has 0 aliphatic heterocycles. The van der Waals surface area contributed by atoms with Crippen LogP contribution in [0.5, 0.6) is 0 Å². The van der Waals surface area contributed by atoms with Crippen molar-refractivity contribution in [3.8, 4) is 0 Å². The molecule has 3 aromatic rings. The van der Waals surface area contributed by atoms with Crippen molar-refractivity contribution in [3.63, 3.8) is 0 Å². The van der Waals surface area contributed by atoms with Crippen molar-refractivity contribution in [3.05, 3.63) is 51.4 Å². The van der Waals surface area contributed by atoms with Gasteiger partial charge in [0.05, 0.1) is 10.9 Å². The molecular weight excluding hydrogens is 294 g/mol. The van der Waals surface area contributed by atoms with Gasteiger partial charge in [-0.15, -0.1) is 0 Å². The van der Waals surface area contributed by atoms with Crippen molar-refractivity contribution in [1.29, 1.82) is 5.41 Å². The Bertz CT molecular complexity index is 1060. The minimum absolute atomic E-state index is 0.0170. The number of nitrogens with two attached hydrogens (primary N) is 1. The molecule has 0 unspecified atom stereocenters. The zero-order chi connectivity index (χ0) is 16.7. The van der Waals surface area contributed by atoms with Crippen molar-refractivity contribution in [2.24, 2.45) is 5.73 Å². The lowest BCUT2D eigenvalue weighted by Crippen LogP contribution is -2.32. The number of nitrogens with one attached hydrogen (secondary N) is 1. The lowest BCUT2D eigenvalue weighted by molar-refractivity contribution is 0.0998. The highest BCUT2D eigenvalue weighted by Crippen LogP contribution is 2.12. The largest absolute Gasteiger partial charge is 0.365 e. The van der Waals surface area contributed by atoms with E-state index in [1.54, 1.807) is 16.8 Å². The Balaban J connectivity index is 2.60. The minimum Gasteiger partial charge on any atom is -0.365 e. The molecule has 0 aliphatic rings. The molecule has 23 heavy (non-hydrogen) atoms. The third-order valence-electron chi connectivity index (χ3n) is 3.85. The van der Waals surface area contributed by atoms with Crippen molar-refractivity contribution < 1.29 is 4.79 Å². The average Bonchev–Trinajstić information content (AvgIpc) is 2.51. The average molecular weight is 311 g/mol. The van der Waals surface area contributed by atoms with Gasteiger partial charge in [-0.1, -0.05) is 13.0 Å². The maximum Gasteiger partial charge on any atom is 0.267 e. The fraction of sp³-hybridized carbons (Fsp3) is 0.250. The maximum absolute atomic E-state index is 12.8. The number of carbonyl (C=O) groups is 1. The molecule has 3 rings (SSSR count). The van der Waals surface area contributed by atoms with Crippen LogP contribution < -0.4 is 16.8 Å². The first kappa shape index (κ1) is 15.0. The summed E-state index contributed by atoms with van der Waals surface area (Å²) in [6.07, 6.45) is 2.38. The second-order valence-corrected chi connectivity index (χ2v) is 5.46. The normalized spacial score (nSPS) is 11.2. The van der Waals surface area contributed by atoms with Crippen LogP contribution in [0.15, 0.2) is 29.2 Å². The maximum atomic E-state index is 12.8. The smallest absolute Gasteiger partial charge is 0.267 e. The van der Waals surface area contributed by atoms with Gasteiger partial charge in [-0.25, -0.2) is 4.98 Å². The highest BCUT2D eigenvalue weighted by molar-refractivity contribution is 5.95. The number of primary amides is 1. The molecule has 0 radical (unpaired) electrons. The first-order chi connectivity index (χ1) is 11.0. The Kier molecular flexibility index (Phi) is 3.48. The topological polar surface area (TPSA) is 106 Å². The molecule has 0 bridgehead atoms. The van der Waals surface area contributed by atoms with Crippen LogP contribution in [-0.4, -0.2) is 19.9 Å². The molecule has 0 fully saturated rings. The predicted octanol–water partition coefficient (Wildman–Crippen LogP) is 0.946. The number of aryl methyl sites for hydroxylation is 2. The summed E-state index contributed by atoms with van der Waals surface area (Å²) in [5.41, 5.74) is 6.90. The number of hydrogen-bond donors (Lipinski definition) is 2. The third-order valence-corrected chi connectivity index (χ3v) is 3.85. The monoisotopic (exact) mass is 311 g/mol. The van der Waals surface area contributed by atoms with Crippen LogP contribution in [0.25, 0.3) is 16.7 Å². The molecule has 3 heterocycles. The van der Waals surface area contributed by atoms with Crippen LogP contribution in [0.3, 0.4) is 0 Å². The highest BCUT2D eigenvalue weighted by Gasteiger charge is 2.15. The van der Waals surface area contributed by atoms with Gasteiger partial charge in [-0.3, -0.25) is 19.4 Å². The van der Waals surface area contributed by atoms with Gasteiger partial charge in [-0.05, 0) is 31.0 Å². The zero-order valence-corrected chi connectivity index (χ0v) is 13.0. The van der Waals surface area contributed by atoms with E-state index in [2.05, 4.69) is 4.98 Å². The highest BCUT2D eigenvalue weighted by atomic mass is 16.1. The summed E-state index contributed by atoms with van der Waals surface area (Å²) in [6, 6.07) is 5.01. The predicted molar refractivity (Wildman–Crippen MR) is 86.4 cm³/mol. The number of carbonyl (C=O) groups excluding carboxylic acids is 1. The van der Waals surface area contributed by atoms with Gasteiger partial charge < -0.3 is 10.3 Å². The van der Waals surface area contributed by atoms with Crippen LogP contribution in [-0.2, 0) is 6.54 Å². The van der Waals surface area contributed by atoms with Crippen molar-refractivity contribution in [2.75, 3.05) is 0 Å². The van der Waals surface area contributed by atoms with Crippen LogP contribution in [0.4, 0.5) is 0 Å². The molecule has 7 heteroatoms. The van der Waals surface area contributed by atoms with Gasteiger partial charge in [-0.2, -0.15) is 0 Å². The third kappa shape index (κ3) is 2.21. The molecular formula is C16H17N5O2. The molecule has 0 saturated heterocycles. The molecule has 3 N–H and O–H groups in total. The SMILES string of the molecule is CCCn1c(=N)c(C(N)=O)cc2c(=O)n3cccc(C)c3nc21. The van der Waals surface area contributed by atoms with Gasteiger partial charge in [0.25, 0.3) is 11.5 Å². The summed E-state index contributed by atoms with van der Waals surface area (Å²) in [7, 11) is 0. The number of amides is 1. The summed E-state index contributed by atoms with van der Waals surface area (Å²) in [4.78, 5) is 29.0. The van der Waals surface area contributed by atoms with E-state index < -0.39 is 5.91 Å². The second-order valence-electron chi connectivity index (χ2n) is 5.46. The number of fused-ring (bicyclic) bond motifs is 2. The Morgan fingerprint density at radius 2 is 2.13 bits per heavy atom. The Morgan fingerprint density at radius 3 is 2.78 bits per heavy atom. The quantitative estimate of drug-likeness (QED) is 0.703. The summed E-state index contributed by atoms with van der Waals surface area (Å²) in [6.45, 7) is 4.30. The summed E-state index contributed by atoms with van der Waals surface area (Å²) in [5.74, 6) is -0.726. The van der Waals surface area contributed by atoms with Crippen molar-refractivity contribution >= 4 is 22.6 Å². The molecule has 0 aromatic carbocycles. The Hall–Kier alpha value is -2.96. The molecule has 0 atom stereocenters. The number of pyridine rings is 2. The standard InChI is InChI=1S/C16H17N5O2/c1-3-6-20-12(17)10(13(18)22)8-11-15(20)19-14-9(2)5-4-7-21(14)16(11)23/h4-5,7-8,17H,3,6H2,1-2H3,(H2,18,22). The van der Waals surface area contributed by atoms with E-state index in [0.717, 1.165) is 12.0 Å². The van der Waals surface area contributed by atoms with Crippen LogP contribution >= 0.6 is 0 Å².